The lowest BCUT2D eigenvalue weighted by Gasteiger charge is -2.22. The van der Waals surface area contributed by atoms with Gasteiger partial charge in [-0.15, -0.1) is 0 Å². The average molecular weight is 606 g/mol. The van der Waals surface area contributed by atoms with Crippen molar-refractivity contribution in [3.05, 3.63) is 68.6 Å². The summed E-state index contributed by atoms with van der Waals surface area (Å²) in [6.45, 7) is 4.24. The predicted molar refractivity (Wildman–Crippen MR) is 132 cm³/mol. The summed E-state index contributed by atoms with van der Waals surface area (Å²) in [7, 11) is -3.82. The Bertz CT molecular complexity index is 1120. The van der Waals surface area contributed by atoms with Gasteiger partial charge >= 0.3 is 0 Å². The second-order valence-corrected chi connectivity index (χ2v) is 10.9. The minimum Gasteiger partial charge on any atom is -0.487 e. The predicted octanol–water partition coefficient (Wildman–Crippen LogP) is 4.73. The van der Waals surface area contributed by atoms with Crippen molar-refractivity contribution in [3.8, 4) is 5.75 Å². The van der Waals surface area contributed by atoms with Crippen molar-refractivity contribution in [2.24, 2.45) is 5.10 Å². The third-order valence-corrected chi connectivity index (χ3v) is 8.03. The topological polar surface area (TPSA) is 88.1 Å². The Balaban J connectivity index is 1.69. The smallest absolute Gasteiger partial charge is 0.258 e. The summed E-state index contributed by atoms with van der Waals surface area (Å²) in [5.74, 6) is 0.139. The van der Waals surface area contributed by atoms with E-state index in [0.717, 1.165) is 0 Å². The van der Waals surface area contributed by atoms with Gasteiger partial charge < -0.3 is 4.74 Å². The molecule has 1 fully saturated rings. The van der Waals surface area contributed by atoms with Crippen LogP contribution in [0.3, 0.4) is 0 Å². The Labute approximate surface area is 208 Å². The van der Waals surface area contributed by atoms with Crippen LogP contribution >= 0.6 is 43.5 Å². The normalized spacial score (nSPS) is 16.9. The molecule has 2 aromatic rings. The molecule has 1 amide bonds. The van der Waals surface area contributed by atoms with Gasteiger partial charge in [0.25, 0.3) is 5.91 Å². The molecule has 0 saturated carbocycles. The first kappa shape index (κ1) is 24.9. The van der Waals surface area contributed by atoms with Crippen molar-refractivity contribution in [1.29, 1.82) is 0 Å². The fraction of sp³-hybridized carbons (Fsp3) is 0.238. The Morgan fingerprint density at radius 2 is 1.94 bits per heavy atom. The molecule has 1 heterocycles. The van der Waals surface area contributed by atoms with Crippen LogP contribution in [0, 0.1) is 0 Å². The molecule has 1 saturated heterocycles. The molecular formula is C21H20Br2ClN3O4S. The van der Waals surface area contributed by atoms with Crippen LogP contribution in [0.25, 0.3) is 0 Å². The highest BCUT2D eigenvalue weighted by Crippen LogP contribution is 2.34. The summed E-state index contributed by atoms with van der Waals surface area (Å²) in [6, 6.07) is 8.61. The number of ether oxygens (including phenoxy) is 1. The van der Waals surface area contributed by atoms with Gasteiger partial charge in [-0.3, -0.25) is 4.79 Å². The maximum absolute atomic E-state index is 13.0. The zero-order chi connectivity index (χ0) is 23.3. The molecule has 0 aliphatic carbocycles. The summed E-state index contributed by atoms with van der Waals surface area (Å²) in [6.07, 6.45) is 4.11. The molecule has 3 rings (SSSR count). The first-order valence-electron chi connectivity index (χ1n) is 9.57. The fourth-order valence-electron chi connectivity index (χ4n) is 3.21. The van der Waals surface area contributed by atoms with Gasteiger partial charge in [0.05, 0.1) is 20.1 Å². The highest BCUT2D eigenvalue weighted by atomic mass is 79.9. The van der Waals surface area contributed by atoms with Crippen molar-refractivity contribution in [2.75, 3.05) is 13.2 Å². The number of amides is 1. The molecule has 0 radical (unpaired) electrons. The fourth-order valence-corrected chi connectivity index (χ4v) is 6.44. The van der Waals surface area contributed by atoms with Crippen molar-refractivity contribution in [3.63, 3.8) is 0 Å². The summed E-state index contributed by atoms with van der Waals surface area (Å²) in [5, 5.41) is 4.44. The highest BCUT2D eigenvalue weighted by Gasteiger charge is 2.39. The molecule has 0 aromatic heterocycles. The van der Waals surface area contributed by atoms with Crippen molar-refractivity contribution in [2.45, 2.75) is 23.8 Å². The van der Waals surface area contributed by atoms with Crippen molar-refractivity contribution >= 4 is 65.6 Å². The van der Waals surface area contributed by atoms with E-state index in [0.29, 0.717) is 44.7 Å². The van der Waals surface area contributed by atoms with E-state index in [1.54, 1.807) is 18.2 Å². The third kappa shape index (κ3) is 5.79. The number of halogens is 3. The number of carbonyl (C=O) groups is 1. The lowest BCUT2D eigenvalue weighted by Crippen LogP contribution is -2.44. The van der Waals surface area contributed by atoms with Crippen molar-refractivity contribution in [1.82, 2.24) is 9.73 Å². The average Bonchev–Trinajstić information content (AvgIpc) is 3.24. The number of nitrogens with one attached hydrogen (secondary N) is 1. The summed E-state index contributed by atoms with van der Waals surface area (Å²) >= 11 is 12.7. The van der Waals surface area contributed by atoms with Gasteiger partial charge in [-0.05, 0) is 86.7 Å². The molecule has 170 valence electrons. The molecule has 1 aliphatic rings. The lowest BCUT2D eigenvalue weighted by atomic mass is 10.2. The van der Waals surface area contributed by atoms with Crippen molar-refractivity contribution < 1.29 is 17.9 Å². The first-order chi connectivity index (χ1) is 15.2. The van der Waals surface area contributed by atoms with E-state index in [2.05, 4.69) is 49.0 Å². The van der Waals surface area contributed by atoms with E-state index < -0.39 is 22.0 Å². The number of nitrogens with zero attached hydrogens (tertiary/aromatic N) is 2. The number of hydrazone groups is 1. The Kier molecular flexibility index (Phi) is 8.51. The monoisotopic (exact) mass is 603 g/mol. The summed E-state index contributed by atoms with van der Waals surface area (Å²) < 4.78 is 34.1. The number of hydrogen-bond donors (Lipinski definition) is 1. The molecule has 1 atom stereocenters. The van der Waals surface area contributed by atoms with E-state index in [4.69, 9.17) is 16.3 Å². The second kappa shape index (κ2) is 10.9. The molecule has 11 heteroatoms. The number of rotatable bonds is 8. The van der Waals surface area contributed by atoms with Gasteiger partial charge in [0.15, 0.2) is 0 Å². The number of sulfonamides is 1. The summed E-state index contributed by atoms with van der Waals surface area (Å²) in [4.78, 5) is 12.8. The number of benzene rings is 2. The van der Waals surface area contributed by atoms with Gasteiger partial charge in [0.1, 0.15) is 18.4 Å². The van der Waals surface area contributed by atoms with E-state index in [-0.39, 0.29) is 11.4 Å². The van der Waals surface area contributed by atoms with E-state index >= 15 is 0 Å². The van der Waals surface area contributed by atoms with Gasteiger partial charge in [0, 0.05) is 11.6 Å². The summed E-state index contributed by atoms with van der Waals surface area (Å²) in [5.41, 5.74) is 3.15. The first-order valence-corrected chi connectivity index (χ1v) is 13.0. The Hall–Kier alpha value is -1.72. The second-order valence-electron chi connectivity index (χ2n) is 6.88. The van der Waals surface area contributed by atoms with Gasteiger partial charge in [-0.25, -0.2) is 13.8 Å². The Morgan fingerprint density at radius 1 is 1.28 bits per heavy atom. The van der Waals surface area contributed by atoms with Crippen LogP contribution in [0.1, 0.15) is 18.4 Å². The molecule has 2 aromatic carbocycles. The van der Waals surface area contributed by atoms with Crippen LogP contribution in [0.5, 0.6) is 5.75 Å². The zero-order valence-corrected chi connectivity index (χ0v) is 21.5. The highest BCUT2D eigenvalue weighted by molar-refractivity contribution is 9.11. The largest absolute Gasteiger partial charge is 0.487 e. The minimum atomic E-state index is -3.82. The third-order valence-electron chi connectivity index (χ3n) is 4.68. The molecule has 0 spiro atoms. The molecule has 1 N–H and O–H groups in total. The lowest BCUT2D eigenvalue weighted by molar-refractivity contribution is -0.124. The van der Waals surface area contributed by atoms with Gasteiger partial charge in [0.2, 0.25) is 10.0 Å². The SMILES string of the molecule is C=CCOc1c(Br)cc(/C=N\NC(=O)[C@@H]2CCCN2S(=O)(=O)c2ccc(Cl)cc2)cc1Br. The van der Waals surface area contributed by atoms with E-state index in [1.165, 1.54) is 34.8 Å². The van der Waals surface area contributed by atoms with Crippen LogP contribution < -0.4 is 10.2 Å². The van der Waals surface area contributed by atoms with Gasteiger partial charge in [-0.1, -0.05) is 24.3 Å². The maximum Gasteiger partial charge on any atom is 0.258 e. The molecule has 32 heavy (non-hydrogen) atoms. The minimum absolute atomic E-state index is 0.0959. The van der Waals surface area contributed by atoms with Crippen LogP contribution in [0.2, 0.25) is 5.02 Å². The Morgan fingerprint density at radius 3 is 2.56 bits per heavy atom. The van der Waals surface area contributed by atoms with Crippen LogP contribution in [0.4, 0.5) is 0 Å². The molecule has 1 aliphatic heterocycles. The van der Waals surface area contributed by atoms with Gasteiger partial charge in [-0.2, -0.15) is 9.41 Å². The maximum atomic E-state index is 13.0. The zero-order valence-electron chi connectivity index (χ0n) is 16.8. The molecule has 0 unspecified atom stereocenters. The number of hydrogen-bond acceptors (Lipinski definition) is 5. The molecular weight excluding hydrogens is 586 g/mol. The quantitative estimate of drug-likeness (QED) is 0.268. The standard InChI is InChI=1S/C21H20Br2ClN3O4S/c1-2-10-31-20-17(22)11-14(12-18(20)23)13-25-26-21(28)19-4-3-9-27(19)32(29,30)16-7-5-15(24)6-8-16/h2,5-8,11-13,19H,1,3-4,9-10H2,(H,26,28)/b25-13-/t19-/m0/s1. The van der Waals surface area contributed by atoms with Crippen LogP contribution in [-0.4, -0.2) is 44.0 Å². The van der Waals surface area contributed by atoms with E-state index in [1.807, 2.05) is 0 Å². The molecule has 0 bridgehead atoms. The van der Waals surface area contributed by atoms with Crippen LogP contribution in [-0.2, 0) is 14.8 Å². The van der Waals surface area contributed by atoms with Crippen LogP contribution in [0.15, 0.2) is 68.0 Å². The molecule has 7 nitrogen and oxygen atoms in total. The van der Waals surface area contributed by atoms with E-state index in [9.17, 15) is 13.2 Å². The number of carbonyl (C=O) groups excluding carboxylic acids is 1.